The van der Waals surface area contributed by atoms with Gasteiger partial charge in [0.2, 0.25) is 5.12 Å². The van der Waals surface area contributed by atoms with Crippen molar-refractivity contribution < 1.29 is 14.3 Å². The fourth-order valence-electron chi connectivity index (χ4n) is 1.05. The van der Waals surface area contributed by atoms with E-state index in [1.165, 1.54) is 6.92 Å². The van der Waals surface area contributed by atoms with Crippen molar-refractivity contribution in [2.24, 2.45) is 0 Å². The zero-order valence-electron chi connectivity index (χ0n) is 8.60. The van der Waals surface area contributed by atoms with Crippen molar-refractivity contribution >= 4 is 22.8 Å². The minimum absolute atomic E-state index is 0.0766. The van der Waals surface area contributed by atoms with Gasteiger partial charge in [-0.2, -0.15) is 5.26 Å². The highest BCUT2D eigenvalue weighted by molar-refractivity contribution is 8.14. The molecular weight excluding hydrogens is 226 g/mol. The quantitative estimate of drug-likeness (QED) is 0.592. The summed E-state index contributed by atoms with van der Waals surface area (Å²) in [7, 11) is 0. The third-order valence-electron chi connectivity index (χ3n) is 1.63. The van der Waals surface area contributed by atoms with Crippen LogP contribution in [0, 0.1) is 11.3 Å². The van der Waals surface area contributed by atoms with E-state index < -0.39 is 5.97 Å². The number of hydrogen-bond donors (Lipinski definition) is 0. The van der Waals surface area contributed by atoms with E-state index in [0.29, 0.717) is 5.56 Å². The number of para-hydroxylation sites is 1. The van der Waals surface area contributed by atoms with E-state index in [1.54, 1.807) is 24.3 Å². The fraction of sp³-hybridized carbons (Fsp3) is 0.182. The molecule has 0 aromatic heterocycles. The topological polar surface area (TPSA) is 67.2 Å². The van der Waals surface area contributed by atoms with Gasteiger partial charge in [0.1, 0.15) is 5.75 Å². The number of rotatable bonds is 3. The molecule has 0 bridgehead atoms. The van der Waals surface area contributed by atoms with Crippen LogP contribution in [0.3, 0.4) is 0 Å². The summed E-state index contributed by atoms with van der Waals surface area (Å²) in [5.41, 5.74) is 0.304. The molecule has 0 aliphatic heterocycles. The van der Waals surface area contributed by atoms with Crippen molar-refractivity contribution in [3.05, 3.63) is 29.8 Å². The molecule has 1 aromatic rings. The maximum Gasteiger partial charge on any atom is 0.308 e. The summed E-state index contributed by atoms with van der Waals surface area (Å²) in [6.45, 7) is 1.27. The molecule has 0 heterocycles. The first-order valence-corrected chi connectivity index (χ1v) is 5.45. The highest BCUT2D eigenvalue weighted by Crippen LogP contribution is 2.23. The van der Waals surface area contributed by atoms with E-state index in [9.17, 15) is 9.59 Å². The molecule has 0 unspecified atom stereocenters. The predicted molar refractivity (Wildman–Crippen MR) is 60.2 cm³/mol. The van der Waals surface area contributed by atoms with Crippen LogP contribution in [0.4, 0.5) is 0 Å². The lowest BCUT2D eigenvalue weighted by Gasteiger charge is -2.06. The Morgan fingerprint density at radius 2 is 2.12 bits per heavy atom. The summed E-state index contributed by atoms with van der Waals surface area (Å²) >= 11 is 0.879. The Kier molecular flexibility index (Phi) is 4.55. The molecule has 0 amide bonds. The second-order valence-electron chi connectivity index (χ2n) is 2.82. The number of nitrogens with zero attached hydrogens (tertiary/aromatic N) is 1. The van der Waals surface area contributed by atoms with Crippen LogP contribution >= 0.6 is 11.8 Å². The molecule has 4 nitrogen and oxygen atoms in total. The molecule has 0 N–H and O–H groups in total. The van der Waals surface area contributed by atoms with Gasteiger partial charge in [-0.25, -0.2) is 0 Å². The Labute approximate surface area is 97.2 Å². The van der Waals surface area contributed by atoms with Gasteiger partial charge in [-0.3, -0.25) is 9.59 Å². The molecule has 0 spiro atoms. The lowest BCUT2D eigenvalue weighted by atomic mass is 10.2. The summed E-state index contributed by atoms with van der Waals surface area (Å²) < 4.78 is 4.89. The van der Waals surface area contributed by atoms with Crippen molar-refractivity contribution in [2.75, 3.05) is 5.75 Å². The first-order chi connectivity index (χ1) is 7.65. The summed E-state index contributed by atoms with van der Waals surface area (Å²) in [5.74, 6) is -0.177. The second kappa shape index (κ2) is 5.93. The minimum atomic E-state index is -0.481. The zero-order valence-corrected chi connectivity index (χ0v) is 9.41. The molecular formula is C11H9NO3S. The number of thioether (sulfide) groups is 1. The number of carbonyl (C=O) groups excluding carboxylic acids is 2. The maximum absolute atomic E-state index is 11.6. The second-order valence-corrected chi connectivity index (χ2v) is 3.77. The molecule has 82 valence electrons. The number of ether oxygens (including phenoxy) is 1. The molecule has 5 heteroatoms. The maximum atomic E-state index is 11.6. The van der Waals surface area contributed by atoms with Gasteiger partial charge in [-0.1, -0.05) is 23.9 Å². The number of esters is 1. The summed E-state index contributed by atoms with van der Waals surface area (Å²) in [6, 6.07) is 8.31. The highest BCUT2D eigenvalue weighted by Gasteiger charge is 2.13. The normalized spacial score (nSPS) is 9.25. The molecule has 0 aliphatic carbocycles. The smallest absolute Gasteiger partial charge is 0.308 e. The Hall–Kier alpha value is -1.80. The van der Waals surface area contributed by atoms with Crippen LogP contribution in [0.5, 0.6) is 5.75 Å². The average molecular weight is 235 g/mol. The molecule has 0 atom stereocenters. The van der Waals surface area contributed by atoms with E-state index in [4.69, 9.17) is 10.00 Å². The minimum Gasteiger partial charge on any atom is -0.426 e. The van der Waals surface area contributed by atoms with Gasteiger partial charge in [-0.15, -0.1) is 0 Å². The number of nitriles is 1. The molecule has 0 fully saturated rings. The van der Waals surface area contributed by atoms with Gasteiger partial charge in [0, 0.05) is 6.92 Å². The molecule has 0 saturated carbocycles. The third kappa shape index (κ3) is 3.41. The Bertz CT molecular complexity index is 451. The standard InChI is InChI=1S/C11H9NO3S/c1-8(13)15-10-5-3-2-4-9(10)11(14)16-7-6-12/h2-5H,7H2,1H3. The summed E-state index contributed by atoms with van der Waals surface area (Å²) in [4.78, 5) is 22.4. The van der Waals surface area contributed by atoms with Crippen molar-refractivity contribution in [3.63, 3.8) is 0 Å². The van der Waals surface area contributed by atoms with Crippen LogP contribution in [0.25, 0.3) is 0 Å². The van der Waals surface area contributed by atoms with E-state index in [0.717, 1.165) is 11.8 Å². The Morgan fingerprint density at radius 1 is 1.44 bits per heavy atom. The van der Waals surface area contributed by atoms with E-state index in [-0.39, 0.29) is 16.6 Å². The van der Waals surface area contributed by atoms with Gasteiger partial charge in [0.05, 0.1) is 17.4 Å². The van der Waals surface area contributed by atoms with Crippen LogP contribution < -0.4 is 4.74 Å². The molecule has 0 radical (unpaired) electrons. The Morgan fingerprint density at radius 3 is 2.75 bits per heavy atom. The lowest BCUT2D eigenvalue weighted by Crippen LogP contribution is -2.06. The van der Waals surface area contributed by atoms with Crippen LogP contribution in [0.15, 0.2) is 24.3 Å². The van der Waals surface area contributed by atoms with Crippen LogP contribution in [-0.4, -0.2) is 16.8 Å². The predicted octanol–water partition coefficient (Wildman–Crippen LogP) is 2.01. The molecule has 1 rings (SSSR count). The number of hydrogen-bond acceptors (Lipinski definition) is 5. The summed E-state index contributed by atoms with van der Waals surface area (Å²) in [6.07, 6.45) is 0. The molecule has 0 aliphatic rings. The Balaban J connectivity index is 2.90. The van der Waals surface area contributed by atoms with E-state index >= 15 is 0 Å². The van der Waals surface area contributed by atoms with Gasteiger partial charge in [0.15, 0.2) is 0 Å². The van der Waals surface area contributed by atoms with E-state index in [1.807, 2.05) is 6.07 Å². The summed E-state index contributed by atoms with van der Waals surface area (Å²) in [5, 5.41) is 8.09. The number of carbonyl (C=O) groups is 2. The van der Waals surface area contributed by atoms with Crippen LogP contribution in [0.1, 0.15) is 17.3 Å². The lowest BCUT2D eigenvalue weighted by molar-refractivity contribution is -0.131. The van der Waals surface area contributed by atoms with Crippen LogP contribution in [0.2, 0.25) is 0 Å². The molecule has 1 aromatic carbocycles. The van der Waals surface area contributed by atoms with Gasteiger partial charge in [-0.05, 0) is 12.1 Å². The fourth-order valence-corrected chi connectivity index (χ4v) is 1.57. The van der Waals surface area contributed by atoms with E-state index in [2.05, 4.69) is 0 Å². The van der Waals surface area contributed by atoms with Crippen molar-refractivity contribution in [3.8, 4) is 11.8 Å². The van der Waals surface area contributed by atoms with Gasteiger partial charge in [0.25, 0.3) is 0 Å². The highest BCUT2D eigenvalue weighted by atomic mass is 32.2. The largest absolute Gasteiger partial charge is 0.426 e. The zero-order chi connectivity index (χ0) is 12.0. The van der Waals surface area contributed by atoms with Gasteiger partial charge < -0.3 is 4.74 Å². The van der Waals surface area contributed by atoms with Crippen molar-refractivity contribution in [1.82, 2.24) is 0 Å². The molecule has 0 saturated heterocycles. The van der Waals surface area contributed by atoms with Crippen LogP contribution in [-0.2, 0) is 4.79 Å². The number of benzene rings is 1. The molecule has 16 heavy (non-hydrogen) atoms. The first-order valence-electron chi connectivity index (χ1n) is 4.46. The SMILES string of the molecule is CC(=O)Oc1ccccc1C(=O)SCC#N. The van der Waals surface area contributed by atoms with Crippen molar-refractivity contribution in [2.45, 2.75) is 6.92 Å². The monoisotopic (exact) mass is 235 g/mol. The van der Waals surface area contributed by atoms with Gasteiger partial charge >= 0.3 is 5.97 Å². The third-order valence-corrected chi connectivity index (χ3v) is 2.38. The van der Waals surface area contributed by atoms with Crippen molar-refractivity contribution in [1.29, 1.82) is 5.26 Å². The first kappa shape index (κ1) is 12.3. The average Bonchev–Trinajstić information content (AvgIpc) is 2.26.